The van der Waals surface area contributed by atoms with Crippen molar-refractivity contribution in [2.75, 3.05) is 18.4 Å². The molecule has 0 spiro atoms. The second kappa shape index (κ2) is 9.01. The van der Waals surface area contributed by atoms with E-state index in [9.17, 15) is 13.2 Å². The van der Waals surface area contributed by atoms with Crippen molar-refractivity contribution in [3.05, 3.63) is 63.1 Å². The Balaban J connectivity index is 1.68. The van der Waals surface area contributed by atoms with Crippen molar-refractivity contribution in [3.63, 3.8) is 0 Å². The van der Waals surface area contributed by atoms with Crippen LogP contribution in [0.3, 0.4) is 0 Å². The van der Waals surface area contributed by atoms with E-state index in [1.54, 1.807) is 36.4 Å². The highest BCUT2D eigenvalue weighted by Crippen LogP contribution is 2.27. The topological polar surface area (TPSA) is 66.5 Å². The minimum Gasteiger partial charge on any atom is -0.326 e. The van der Waals surface area contributed by atoms with Gasteiger partial charge in [0.2, 0.25) is 15.9 Å². The molecule has 1 aliphatic heterocycles. The molecule has 0 bridgehead atoms. The average Bonchev–Trinajstić information content (AvgIpc) is 2.64. The first-order valence-electron chi connectivity index (χ1n) is 8.73. The van der Waals surface area contributed by atoms with E-state index in [4.69, 9.17) is 34.8 Å². The number of hydrogen-bond acceptors (Lipinski definition) is 3. The summed E-state index contributed by atoms with van der Waals surface area (Å²) in [5.41, 5.74) is 1.07. The summed E-state index contributed by atoms with van der Waals surface area (Å²) in [5.74, 6) is -0.874. The molecule has 1 N–H and O–H groups in total. The van der Waals surface area contributed by atoms with Crippen molar-refractivity contribution in [2.45, 2.75) is 18.6 Å². The molecule has 2 aromatic rings. The van der Waals surface area contributed by atoms with Crippen LogP contribution in [0.1, 0.15) is 18.4 Å². The quantitative estimate of drug-likeness (QED) is 0.693. The molecule has 0 aromatic heterocycles. The molecule has 1 fully saturated rings. The summed E-state index contributed by atoms with van der Waals surface area (Å²) in [4.78, 5) is 12.6. The van der Waals surface area contributed by atoms with Crippen LogP contribution in [0.25, 0.3) is 0 Å². The molecule has 2 aromatic carbocycles. The average molecular weight is 462 g/mol. The normalized spacial score (nSPS) is 18.0. The van der Waals surface area contributed by atoms with Crippen LogP contribution in [0.2, 0.25) is 15.1 Å². The second-order valence-corrected chi connectivity index (χ2v) is 9.94. The van der Waals surface area contributed by atoms with Crippen molar-refractivity contribution >= 4 is 56.4 Å². The molecule has 150 valence electrons. The molecule has 5 nitrogen and oxygen atoms in total. The Kier molecular flexibility index (Phi) is 6.89. The van der Waals surface area contributed by atoms with Gasteiger partial charge in [0.1, 0.15) is 0 Å². The maximum Gasteiger partial charge on any atom is 0.228 e. The number of carbonyl (C=O) groups is 1. The zero-order chi connectivity index (χ0) is 20.3. The first-order valence-corrected chi connectivity index (χ1v) is 11.5. The van der Waals surface area contributed by atoms with E-state index >= 15 is 0 Å². The minimum absolute atomic E-state index is 0.139. The van der Waals surface area contributed by atoms with Gasteiger partial charge in [-0.25, -0.2) is 12.7 Å². The van der Waals surface area contributed by atoms with Gasteiger partial charge in [-0.05, 0) is 48.7 Å². The fraction of sp³-hybridized carbons (Fsp3) is 0.316. The summed E-state index contributed by atoms with van der Waals surface area (Å²) < 4.78 is 27.1. The van der Waals surface area contributed by atoms with Gasteiger partial charge in [0.05, 0.1) is 11.7 Å². The van der Waals surface area contributed by atoms with Gasteiger partial charge >= 0.3 is 0 Å². The Labute approximate surface area is 179 Å². The van der Waals surface area contributed by atoms with Gasteiger partial charge in [0.15, 0.2) is 0 Å². The molecular formula is C19H19Cl3N2O3S. The maximum atomic E-state index is 12.8. The van der Waals surface area contributed by atoms with Crippen LogP contribution in [0.5, 0.6) is 0 Å². The number of anilines is 1. The monoisotopic (exact) mass is 460 g/mol. The molecule has 0 aliphatic carbocycles. The number of hydrogen-bond donors (Lipinski definition) is 1. The lowest BCUT2D eigenvalue weighted by Gasteiger charge is -2.31. The van der Waals surface area contributed by atoms with Crippen molar-refractivity contribution in [1.82, 2.24) is 4.31 Å². The molecule has 0 radical (unpaired) electrons. The van der Waals surface area contributed by atoms with Crippen LogP contribution >= 0.6 is 34.8 Å². The zero-order valence-electron chi connectivity index (χ0n) is 14.9. The summed E-state index contributed by atoms with van der Waals surface area (Å²) in [6.07, 6.45) is 1.24. The van der Waals surface area contributed by atoms with Crippen LogP contribution in [0.15, 0.2) is 42.5 Å². The molecule has 1 atom stereocenters. The van der Waals surface area contributed by atoms with Crippen molar-refractivity contribution in [1.29, 1.82) is 0 Å². The highest BCUT2D eigenvalue weighted by atomic mass is 35.5. The third-order valence-corrected chi connectivity index (χ3v) is 7.21. The Morgan fingerprint density at radius 2 is 1.86 bits per heavy atom. The van der Waals surface area contributed by atoms with Gasteiger partial charge in [-0.2, -0.15) is 0 Å². The number of piperidine rings is 1. The Morgan fingerprint density at radius 3 is 2.57 bits per heavy atom. The summed E-state index contributed by atoms with van der Waals surface area (Å²) in [6, 6.07) is 11.6. The number of halogens is 3. The lowest BCUT2D eigenvalue weighted by molar-refractivity contribution is -0.120. The van der Waals surface area contributed by atoms with Crippen LogP contribution in [0, 0.1) is 5.92 Å². The number of benzene rings is 2. The smallest absolute Gasteiger partial charge is 0.228 e. The van der Waals surface area contributed by atoms with Crippen molar-refractivity contribution in [3.8, 4) is 0 Å². The van der Waals surface area contributed by atoms with Crippen LogP contribution in [-0.4, -0.2) is 31.7 Å². The molecule has 9 heteroatoms. The molecule has 1 amide bonds. The lowest BCUT2D eigenvalue weighted by Crippen LogP contribution is -2.44. The Morgan fingerprint density at radius 1 is 1.11 bits per heavy atom. The third-order valence-electron chi connectivity index (χ3n) is 4.59. The Hall–Kier alpha value is -1.31. The maximum absolute atomic E-state index is 12.8. The molecule has 0 saturated carbocycles. The van der Waals surface area contributed by atoms with Gasteiger partial charge in [-0.15, -0.1) is 0 Å². The molecule has 3 rings (SSSR count). The number of rotatable bonds is 5. The van der Waals surface area contributed by atoms with E-state index in [1.165, 1.54) is 10.4 Å². The van der Waals surface area contributed by atoms with E-state index in [2.05, 4.69) is 5.32 Å². The summed E-state index contributed by atoms with van der Waals surface area (Å²) in [5, 5.41) is 4.08. The van der Waals surface area contributed by atoms with Gasteiger partial charge in [-0.1, -0.05) is 46.9 Å². The van der Waals surface area contributed by atoms with Crippen molar-refractivity contribution < 1.29 is 13.2 Å². The first-order chi connectivity index (χ1) is 13.2. The van der Waals surface area contributed by atoms with Crippen LogP contribution in [-0.2, 0) is 20.6 Å². The molecule has 1 heterocycles. The SMILES string of the molecule is O=C(Nc1cccc(Cl)c1)[C@H]1CCCN(S(=O)(=O)Cc2ccc(Cl)cc2Cl)C1. The second-order valence-electron chi connectivity index (χ2n) is 6.69. The van der Waals surface area contributed by atoms with Gasteiger partial charge in [-0.3, -0.25) is 4.79 Å². The summed E-state index contributed by atoms with van der Waals surface area (Å²) in [7, 11) is -3.61. The predicted molar refractivity (Wildman–Crippen MR) is 113 cm³/mol. The van der Waals surface area contributed by atoms with Crippen molar-refractivity contribution in [2.24, 2.45) is 5.92 Å². The molecule has 28 heavy (non-hydrogen) atoms. The summed E-state index contributed by atoms with van der Waals surface area (Å²) >= 11 is 17.9. The third kappa shape index (κ3) is 5.39. The van der Waals surface area contributed by atoms with E-state index in [1.807, 2.05) is 0 Å². The Bertz CT molecular complexity index is 982. The van der Waals surface area contributed by atoms with Gasteiger partial charge in [0, 0.05) is 33.8 Å². The molecule has 1 saturated heterocycles. The van der Waals surface area contributed by atoms with E-state index in [0.29, 0.717) is 45.7 Å². The highest BCUT2D eigenvalue weighted by Gasteiger charge is 2.32. The van der Waals surface area contributed by atoms with Crippen LogP contribution < -0.4 is 5.32 Å². The molecular weight excluding hydrogens is 443 g/mol. The predicted octanol–water partition coefficient (Wildman–Crippen LogP) is 4.83. The van der Waals surface area contributed by atoms with E-state index in [-0.39, 0.29) is 18.2 Å². The highest BCUT2D eigenvalue weighted by molar-refractivity contribution is 7.88. The molecule has 1 aliphatic rings. The van der Waals surface area contributed by atoms with E-state index in [0.717, 1.165) is 0 Å². The van der Waals surface area contributed by atoms with Gasteiger partial charge in [0.25, 0.3) is 0 Å². The number of carbonyl (C=O) groups excluding carboxylic acids is 1. The van der Waals surface area contributed by atoms with Gasteiger partial charge < -0.3 is 5.32 Å². The lowest BCUT2D eigenvalue weighted by atomic mass is 9.99. The summed E-state index contributed by atoms with van der Waals surface area (Å²) in [6.45, 7) is 0.522. The van der Waals surface area contributed by atoms with E-state index < -0.39 is 15.9 Å². The standard InChI is InChI=1S/C19H19Cl3N2O3S/c20-15-4-1-5-17(9-15)23-19(25)13-3-2-8-24(11-13)28(26,27)12-14-6-7-16(21)10-18(14)22/h1,4-7,9-10,13H,2-3,8,11-12H2,(H,23,25)/t13-/m0/s1. The molecule has 0 unspecified atom stereocenters. The number of sulfonamides is 1. The zero-order valence-corrected chi connectivity index (χ0v) is 18.0. The van der Waals surface area contributed by atoms with Crippen LogP contribution in [0.4, 0.5) is 5.69 Å². The first kappa shape index (κ1) is 21.4. The number of nitrogens with zero attached hydrogens (tertiary/aromatic N) is 1. The number of nitrogens with one attached hydrogen (secondary N) is 1. The fourth-order valence-corrected chi connectivity index (χ4v) is 5.53. The largest absolute Gasteiger partial charge is 0.326 e. The number of amides is 1. The fourth-order valence-electron chi connectivity index (χ4n) is 3.15. The minimum atomic E-state index is -3.61.